The molecule has 0 radical (unpaired) electrons. The van der Waals surface area contributed by atoms with Crippen LogP contribution in [0.4, 0.5) is 0 Å². The molecule has 26 heavy (non-hydrogen) atoms. The third-order valence-corrected chi connectivity index (χ3v) is 3.83. The van der Waals surface area contributed by atoms with Crippen molar-refractivity contribution in [3.8, 4) is 11.3 Å². The summed E-state index contributed by atoms with van der Waals surface area (Å²) in [6.45, 7) is 0. The van der Waals surface area contributed by atoms with Gasteiger partial charge in [-0.25, -0.2) is 10.2 Å². The van der Waals surface area contributed by atoms with Crippen LogP contribution in [-0.2, 0) is 0 Å². The van der Waals surface area contributed by atoms with Gasteiger partial charge in [0.15, 0.2) is 0 Å². The largest absolute Gasteiger partial charge is 0.478 e. The number of rotatable bonds is 5. The van der Waals surface area contributed by atoms with Crippen molar-refractivity contribution >= 4 is 29.7 Å². The van der Waals surface area contributed by atoms with Crippen LogP contribution < -0.4 is 5.43 Å². The standard InChI is InChI=1S/C19H13ClN2O4/c20-16-8-6-13(19(24)25)10-15(16)17-9-7-14(26-17)11-21-22-18(23)12-4-2-1-3-5-12/h1-11H,(H,22,23)(H,24,25)/b21-11-. The quantitative estimate of drug-likeness (QED) is 0.524. The summed E-state index contributed by atoms with van der Waals surface area (Å²) in [7, 11) is 0. The number of carbonyl (C=O) groups is 2. The second-order valence-corrected chi connectivity index (χ2v) is 5.67. The number of carboxylic acid groups (broad SMARTS) is 1. The Hall–Kier alpha value is -3.38. The van der Waals surface area contributed by atoms with Crippen LogP contribution >= 0.6 is 11.6 Å². The van der Waals surface area contributed by atoms with Crippen LogP contribution in [0.5, 0.6) is 0 Å². The molecule has 0 aliphatic rings. The molecule has 0 fully saturated rings. The van der Waals surface area contributed by atoms with Crippen LogP contribution in [0.15, 0.2) is 70.2 Å². The highest BCUT2D eigenvalue weighted by Gasteiger charge is 2.12. The molecule has 130 valence electrons. The van der Waals surface area contributed by atoms with Gasteiger partial charge in [-0.1, -0.05) is 29.8 Å². The van der Waals surface area contributed by atoms with E-state index in [-0.39, 0.29) is 11.5 Å². The number of benzene rings is 2. The molecular weight excluding hydrogens is 356 g/mol. The molecule has 0 aliphatic carbocycles. The van der Waals surface area contributed by atoms with Gasteiger partial charge >= 0.3 is 5.97 Å². The molecule has 0 aliphatic heterocycles. The molecule has 0 bridgehead atoms. The zero-order chi connectivity index (χ0) is 18.5. The molecule has 3 aromatic rings. The van der Waals surface area contributed by atoms with E-state index in [4.69, 9.17) is 21.1 Å². The van der Waals surface area contributed by atoms with Crippen molar-refractivity contribution in [1.82, 2.24) is 5.43 Å². The second-order valence-electron chi connectivity index (χ2n) is 5.27. The Kier molecular flexibility index (Phi) is 5.15. The molecule has 1 heterocycles. The molecule has 6 nitrogen and oxygen atoms in total. The van der Waals surface area contributed by atoms with E-state index in [0.717, 1.165) is 0 Å². The van der Waals surface area contributed by atoms with Gasteiger partial charge in [0.2, 0.25) is 0 Å². The van der Waals surface area contributed by atoms with Gasteiger partial charge in [-0.05, 0) is 42.5 Å². The van der Waals surface area contributed by atoms with Crippen LogP contribution in [0.1, 0.15) is 26.5 Å². The number of hydrogen-bond donors (Lipinski definition) is 2. The van der Waals surface area contributed by atoms with E-state index in [1.165, 1.54) is 24.4 Å². The first kappa shape index (κ1) is 17.4. The van der Waals surface area contributed by atoms with Crippen LogP contribution in [-0.4, -0.2) is 23.2 Å². The van der Waals surface area contributed by atoms with Crippen molar-refractivity contribution in [3.63, 3.8) is 0 Å². The third-order valence-electron chi connectivity index (χ3n) is 3.50. The number of aromatic carboxylic acids is 1. The number of furan rings is 1. The smallest absolute Gasteiger partial charge is 0.335 e. The van der Waals surface area contributed by atoms with Gasteiger partial charge in [0.05, 0.1) is 16.8 Å². The Balaban J connectivity index is 1.73. The highest BCUT2D eigenvalue weighted by molar-refractivity contribution is 6.33. The third kappa shape index (κ3) is 3.99. The first-order chi connectivity index (χ1) is 12.5. The fourth-order valence-electron chi connectivity index (χ4n) is 2.22. The molecular formula is C19H13ClN2O4. The van der Waals surface area contributed by atoms with E-state index in [0.29, 0.717) is 27.7 Å². The van der Waals surface area contributed by atoms with Gasteiger partial charge in [-0.15, -0.1) is 0 Å². The predicted octanol–water partition coefficient (Wildman–Crippen LogP) is 4.06. The number of amides is 1. The fraction of sp³-hybridized carbons (Fsp3) is 0. The van der Waals surface area contributed by atoms with E-state index < -0.39 is 5.97 Å². The Morgan fingerprint density at radius 3 is 2.54 bits per heavy atom. The van der Waals surface area contributed by atoms with Crippen molar-refractivity contribution in [1.29, 1.82) is 0 Å². The van der Waals surface area contributed by atoms with Gasteiger partial charge in [0.25, 0.3) is 5.91 Å². The summed E-state index contributed by atoms with van der Waals surface area (Å²) >= 11 is 6.11. The van der Waals surface area contributed by atoms with Crippen molar-refractivity contribution in [2.75, 3.05) is 0 Å². The van der Waals surface area contributed by atoms with Crippen LogP contribution in [0.25, 0.3) is 11.3 Å². The number of hydrogen-bond acceptors (Lipinski definition) is 4. The number of carboxylic acids is 1. The molecule has 0 unspecified atom stereocenters. The SMILES string of the molecule is O=C(O)c1ccc(Cl)c(-c2ccc(/C=N\NC(=O)c3ccccc3)o2)c1. The van der Waals surface area contributed by atoms with E-state index >= 15 is 0 Å². The minimum absolute atomic E-state index is 0.103. The van der Waals surface area contributed by atoms with Gasteiger partial charge in [0, 0.05) is 11.1 Å². The predicted molar refractivity (Wildman–Crippen MR) is 97.6 cm³/mol. The molecule has 0 spiro atoms. The Bertz CT molecular complexity index is 980. The van der Waals surface area contributed by atoms with Crippen LogP contribution in [0.2, 0.25) is 5.02 Å². The summed E-state index contributed by atoms with van der Waals surface area (Å²) in [5.41, 5.74) is 3.45. The number of nitrogens with one attached hydrogen (secondary N) is 1. The summed E-state index contributed by atoms with van der Waals surface area (Å²) in [4.78, 5) is 23.0. The van der Waals surface area contributed by atoms with Crippen molar-refractivity contribution in [3.05, 3.63) is 82.6 Å². The Morgan fingerprint density at radius 1 is 1.04 bits per heavy atom. The topological polar surface area (TPSA) is 91.9 Å². The minimum atomic E-state index is -1.06. The van der Waals surface area contributed by atoms with E-state index in [1.807, 2.05) is 6.07 Å². The highest BCUT2D eigenvalue weighted by atomic mass is 35.5. The molecule has 0 saturated heterocycles. The average Bonchev–Trinajstić information content (AvgIpc) is 3.11. The molecule has 2 N–H and O–H groups in total. The zero-order valence-electron chi connectivity index (χ0n) is 13.3. The van der Waals surface area contributed by atoms with E-state index in [2.05, 4.69) is 10.5 Å². The summed E-state index contributed by atoms with van der Waals surface area (Å²) in [5.74, 6) is -0.621. The first-order valence-corrected chi connectivity index (χ1v) is 7.94. The normalized spacial score (nSPS) is 10.8. The lowest BCUT2D eigenvalue weighted by atomic mass is 10.1. The van der Waals surface area contributed by atoms with E-state index in [1.54, 1.807) is 36.4 Å². The maximum Gasteiger partial charge on any atom is 0.335 e. The summed E-state index contributed by atoms with van der Waals surface area (Å²) in [6.07, 6.45) is 1.35. The minimum Gasteiger partial charge on any atom is -0.478 e. The molecule has 0 saturated carbocycles. The molecule has 7 heteroatoms. The van der Waals surface area contributed by atoms with Crippen LogP contribution in [0, 0.1) is 0 Å². The number of carbonyl (C=O) groups excluding carboxylic acids is 1. The fourth-order valence-corrected chi connectivity index (χ4v) is 2.43. The number of nitrogens with zero attached hydrogens (tertiary/aromatic N) is 1. The lowest BCUT2D eigenvalue weighted by molar-refractivity contribution is 0.0696. The van der Waals surface area contributed by atoms with E-state index in [9.17, 15) is 9.59 Å². The monoisotopic (exact) mass is 368 g/mol. The molecule has 1 aromatic heterocycles. The average molecular weight is 369 g/mol. The number of halogens is 1. The Morgan fingerprint density at radius 2 is 1.81 bits per heavy atom. The van der Waals surface area contributed by atoms with Gasteiger partial charge in [-0.3, -0.25) is 4.79 Å². The summed E-state index contributed by atoms with van der Waals surface area (Å²) in [5, 5.41) is 13.3. The first-order valence-electron chi connectivity index (χ1n) is 7.56. The van der Waals surface area contributed by atoms with Gasteiger partial charge in [-0.2, -0.15) is 5.10 Å². The zero-order valence-corrected chi connectivity index (χ0v) is 14.1. The van der Waals surface area contributed by atoms with Crippen molar-refractivity contribution in [2.45, 2.75) is 0 Å². The van der Waals surface area contributed by atoms with Gasteiger partial charge in [0.1, 0.15) is 11.5 Å². The van der Waals surface area contributed by atoms with Crippen LogP contribution in [0.3, 0.4) is 0 Å². The lowest BCUT2D eigenvalue weighted by Crippen LogP contribution is -2.17. The second kappa shape index (κ2) is 7.67. The van der Waals surface area contributed by atoms with Crippen molar-refractivity contribution in [2.24, 2.45) is 5.10 Å². The molecule has 2 aromatic carbocycles. The van der Waals surface area contributed by atoms with Crippen molar-refractivity contribution < 1.29 is 19.1 Å². The summed E-state index contributed by atoms with van der Waals surface area (Å²) < 4.78 is 5.59. The Labute approximate surface area is 153 Å². The molecule has 3 rings (SSSR count). The van der Waals surface area contributed by atoms with Gasteiger partial charge < -0.3 is 9.52 Å². The number of hydrazone groups is 1. The molecule has 1 amide bonds. The lowest BCUT2D eigenvalue weighted by Gasteiger charge is -2.02. The molecule has 0 atom stereocenters. The maximum absolute atomic E-state index is 11.9. The highest BCUT2D eigenvalue weighted by Crippen LogP contribution is 2.30. The maximum atomic E-state index is 11.9. The summed E-state index contributed by atoms with van der Waals surface area (Å²) in [6, 6.07) is 16.3.